The van der Waals surface area contributed by atoms with Crippen molar-refractivity contribution in [3.8, 4) is 11.5 Å². The fourth-order valence-corrected chi connectivity index (χ4v) is 2.71. The predicted molar refractivity (Wildman–Crippen MR) is 89.0 cm³/mol. The zero-order valence-corrected chi connectivity index (χ0v) is 15.6. The fraction of sp³-hybridized carbons (Fsp3) is 0.571. The van der Waals surface area contributed by atoms with Gasteiger partial charge >= 0.3 is 0 Å². The maximum absolute atomic E-state index is 6.15. The van der Waals surface area contributed by atoms with E-state index in [1.807, 2.05) is 7.05 Å². The van der Waals surface area contributed by atoms with Crippen LogP contribution in [0.15, 0.2) is 12.3 Å². The highest BCUT2D eigenvalue weighted by Gasteiger charge is 2.37. The lowest BCUT2D eigenvalue weighted by atomic mass is 10.2. The molecule has 0 amide bonds. The second kappa shape index (κ2) is 6.06. The first-order valence-electron chi connectivity index (χ1n) is 7.13. The summed E-state index contributed by atoms with van der Waals surface area (Å²) in [5.41, 5.74) is 0.647. The third-order valence-corrected chi connectivity index (χ3v) is 8.69. The first kappa shape index (κ1) is 17.0. The Bertz CT molecular complexity index is 665. The lowest BCUT2D eigenvalue weighted by Crippen LogP contribution is -2.40. The maximum atomic E-state index is 6.15. The molecule has 0 unspecified atom stereocenters. The Hall–Kier alpha value is -1.31. The monoisotopic (exact) mass is 339 g/mol. The lowest BCUT2D eigenvalue weighted by molar-refractivity contribution is 0.267. The van der Waals surface area contributed by atoms with Crippen LogP contribution in [0.5, 0.6) is 0 Å². The van der Waals surface area contributed by atoms with Crippen LogP contribution in [0.25, 0.3) is 11.5 Å². The van der Waals surface area contributed by atoms with Gasteiger partial charge in [-0.1, -0.05) is 20.8 Å². The van der Waals surface area contributed by atoms with Gasteiger partial charge in [-0.2, -0.15) is 5.10 Å². The van der Waals surface area contributed by atoms with Crippen LogP contribution in [-0.2, 0) is 18.1 Å². The van der Waals surface area contributed by atoms with E-state index < -0.39 is 8.32 Å². The van der Waals surface area contributed by atoms with Crippen molar-refractivity contribution < 1.29 is 4.43 Å². The van der Waals surface area contributed by atoms with Crippen molar-refractivity contribution in [3.63, 3.8) is 0 Å². The molecule has 2 aromatic rings. The smallest absolute Gasteiger partial charge is 0.222 e. The van der Waals surface area contributed by atoms with Gasteiger partial charge in [0.05, 0.1) is 6.61 Å². The summed E-state index contributed by atoms with van der Waals surface area (Å²) in [6.07, 6.45) is 1.60. The van der Waals surface area contributed by atoms with E-state index in [1.54, 1.807) is 16.9 Å². The summed E-state index contributed by atoms with van der Waals surface area (Å²) >= 11 is 5.83. The van der Waals surface area contributed by atoms with Crippen LogP contribution in [0.4, 0.5) is 0 Å². The molecule has 120 valence electrons. The number of aryl methyl sites for hydroxylation is 1. The zero-order chi connectivity index (χ0) is 16.5. The normalized spacial score (nSPS) is 12.7. The molecule has 6 nitrogen and oxygen atoms in total. The van der Waals surface area contributed by atoms with Gasteiger partial charge in [0.1, 0.15) is 5.69 Å². The van der Waals surface area contributed by atoms with Gasteiger partial charge in [-0.3, -0.25) is 0 Å². The Balaban J connectivity index is 2.17. The molecular weight excluding hydrogens is 318 g/mol. The van der Waals surface area contributed by atoms with E-state index in [4.69, 9.17) is 16.0 Å². The van der Waals surface area contributed by atoms with Gasteiger partial charge in [0.25, 0.3) is 0 Å². The highest BCUT2D eigenvalue weighted by Crippen LogP contribution is 2.36. The molecule has 0 fully saturated rings. The number of nitrogens with zero attached hydrogens (tertiary/aromatic N) is 5. The summed E-state index contributed by atoms with van der Waals surface area (Å²) in [6, 6.07) is 1.76. The van der Waals surface area contributed by atoms with Crippen LogP contribution in [-0.4, -0.2) is 33.0 Å². The topological polar surface area (TPSA) is 65.7 Å². The van der Waals surface area contributed by atoms with E-state index >= 15 is 0 Å². The van der Waals surface area contributed by atoms with Gasteiger partial charge in [0, 0.05) is 13.2 Å². The molecule has 0 saturated heterocycles. The minimum Gasteiger partial charge on any atom is -0.409 e. The minimum absolute atomic E-state index is 0.158. The van der Waals surface area contributed by atoms with Crippen LogP contribution in [0.3, 0.4) is 0 Å². The van der Waals surface area contributed by atoms with Crippen molar-refractivity contribution in [2.75, 3.05) is 0 Å². The van der Waals surface area contributed by atoms with E-state index in [2.05, 4.69) is 53.9 Å². The standard InChI is InChI=1S/C14H22ClN5OSi/c1-14(2,3)22(5,6)21-9-11-18-12(20(4)19-11)10-7-8-16-13(15)17-10/h7-8H,9H2,1-6H3. The van der Waals surface area contributed by atoms with Gasteiger partial charge in [0.2, 0.25) is 5.28 Å². The summed E-state index contributed by atoms with van der Waals surface area (Å²) in [4.78, 5) is 12.5. The fourth-order valence-electron chi connectivity index (χ4n) is 1.64. The second-order valence-electron chi connectivity index (χ2n) is 6.74. The Labute approximate surface area is 137 Å². The highest BCUT2D eigenvalue weighted by atomic mass is 35.5. The van der Waals surface area contributed by atoms with Crippen LogP contribution in [0, 0.1) is 0 Å². The van der Waals surface area contributed by atoms with Crippen molar-refractivity contribution in [3.05, 3.63) is 23.4 Å². The van der Waals surface area contributed by atoms with Crippen LogP contribution < -0.4 is 0 Å². The molecule has 22 heavy (non-hydrogen) atoms. The van der Waals surface area contributed by atoms with E-state index in [0.29, 0.717) is 23.9 Å². The summed E-state index contributed by atoms with van der Waals surface area (Å²) in [5.74, 6) is 1.30. The summed E-state index contributed by atoms with van der Waals surface area (Å²) < 4.78 is 7.83. The van der Waals surface area contributed by atoms with Gasteiger partial charge in [0.15, 0.2) is 20.0 Å². The summed E-state index contributed by atoms with van der Waals surface area (Å²) in [5, 5.41) is 4.75. The Morgan fingerprint density at radius 1 is 1.27 bits per heavy atom. The minimum atomic E-state index is -1.82. The molecule has 2 heterocycles. The first-order chi connectivity index (χ1) is 10.1. The number of halogens is 1. The molecule has 0 spiro atoms. The third kappa shape index (κ3) is 3.71. The maximum Gasteiger partial charge on any atom is 0.222 e. The van der Waals surface area contributed by atoms with E-state index in [0.717, 1.165) is 0 Å². The Morgan fingerprint density at radius 2 is 1.95 bits per heavy atom. The summed E-state index contributed by atoms with van der Waals surface area (Å²) in [6.45, 7) is 11.4. The number of hydrogen-bond acceptors (Lipinski definition) is 5. The molecule has 8 heteroatoms. The molecule has 0 aromatic carbocycles. The molecule has 0 bridgehead atoms. The van der Waals surface area contributed by atoms with Crippen molar-refractivity contribution in [2.45, 2.75) is 45.5 Å². The van der Waals surface area contributed by atoms with Crippen LogP contribution >= 0.6 is 11.6 Å². The molecule has 0 N–H and O–H groups in total. The average Bonchev–Trinajstić information content (AvgIpc) is 2.76. The third-order valence-electron chi connectivity index (χ3n) is 4.03. The van der Waals surface area contributed by atoms with Crippen molar-refractivity contribution >= 4 is 19.9 Å². The lowest BCUT2D eigenvalue weighted by Gasteiger charge is -2.35. The van der Waals surface area contributed by atoms with Crippen molar-refractivity contribution in [2.24, 2.45) is 7.05 Å². The number of rotatable bonds is 4. The predicted octanol–water partition coefficient (Wildman–Crippen LogP) is 3.45. The molecule has 0 aliphatic heterocycles. The molecule has 0 atom stereocenters. The Morgan fingerprint density at radius 3 is 2.55 bits per heavy atom. The van der Waals surface area contributed by atoms with E-state index in [-0.39, 0.29) is 10.3 Å². The van der Waals surface area contributed by atoms with Crippen molar-refractivity contribution in [1.29, 1.82) is 0 Å². The van der Waals surface area contributed by atoms with Crippen LogP contribution in [0.2, 0.25) is 23.4 Å². The molecule has 0 radical (unpaired) electrons. The quantitative estimate of drug-likeness (QED) is 0.630. The number of aromatic nitrogens is 5. The van der Waals surface area contributed by atoms with Gasteiger partial charge < -0.3 is 4.43 Å². The average molecular weight is 340 g/mol. The zero-order valence-electron chi connectivity index (χ0n) is 13.9. The molecular formula is C14H22ClN5OSi. The van der Waals surface area contributed by atoms with E-state index in [1.165, 1.54) is 0 Å². The molecule has 2 rings (SSSR count). The first-order valence-corrected chi connectivity index (χ1v) is 10.4. The molecule has 0 aliphatic rings. The highest BCUT2D eigenvalue weighted by molar-refractivity contribution is 6.74. The SMILES string of the molecule is Cn1nc(CO[Si](C)(C)C(C)(C)C)nc1-c1ccnc(Cl)n1. The molecule has 0 saturated carbocycles. The number of hydrogen-bond donors (Lipinski definition) is 0. The van der Waals surface area contributed by atoms with Crippen molar-refractivity contribution in [1.82, 2.24) is 24.7 Å². The molecule has 2 aromatic heterocycles. The second-order valence-corrected chi connectivity index (χ2v) is 11.9. The largest absolute Gasteiger partial charge is 0.409 e. The molecule has 0 aliphatic carbocycles. The van der Waals surface area contributed by atoms with Gasteiger partial charge in [-0.15, -0.1) is 0 Å². The van der Waals surface area contributed by atoms with Gasteiger partial charge in [-0.05, 0) is 35.8 Å². The summed E-state index contributed by atoms with van der Waals surface area (Å²) in [7, 11) is 0.00752. The van der Waals surface area contributed by atoms with Gasteiger partial charge in [-0.25, -0.2) is 19.6 Å². The van der Waals surface area contributed by atoms with Crippen LogP contribution in [0.1, 0.15) is 26.6 Å². The van der Waals surface area contributed by atoms with E-state index in [9.17, 15) is 0 Å². The Kier molecular flexibility index (Phi) is 4.69.